The molecule has 3 saturated carbocycles. The summed E-state index contributed by atoms with van der Waals surface area (Å²) < 4.78 is 0. The standard InChI is InChI=1S/C27H40N2O7/c1-15(30)23(24(33)34)28-22(32)14-36-29-18-7-10-25(3)17(13-18)5-6-19-20(25)8-11-26(4)21(19)9-12-27(26,35)16(2)31/h13,15,19-21,23,30,35H,5-12,14H2,1-4H3,(H,28,32)(H,33,34)/b29-18+/t15?,19-,20+,21+,23?,25+,26+,27+/m1/s1. The smallest absolute Gasteiger partial charge is 0.328 e. The monoisotopic (exact) mass is 504 g/mol. The van der Waals surface area contributed by atoms with E-state index in [4.69, 9.17) is 9.94 Å². The lowest BCUT2D eigenvalue weighted by atomic mass is 9.46. The van der Waals surface area contributed by atoms with Gasteiger partial charge in [0.2, 0.25) is 0 Å². The molecule has 0 aromatic carbocycles. The molecular formula is C27H40N2O7. The van der Waals surface area contributed by atoms with Crippen LogP contribution in [0.25, 0.3) is 0 Å². The number of nitrogens with zero attached hydrogens (tertiary/aromatic N) is 1. The Morgan fingerprint density at radius 2 is 1.83 bits per heavy atom. The van der Waals surface area contributed by atoms with E-state index >= 15 is 0 Å². The molecule has 0 aromatic rings. The summed E-state index contributed by atoms with van der Waals surface area (Å²) in [5.74, 6) is -0.709. The van der Waals surface area contributed by atoms with Gasteiger partial charge in [-0.05, 0) is 94.5 Å². The maximum absolute atomic E-state index is 12.4. The summed E-state index contributed by atoms with van der Waals surface area (Å²) in [4.78, 5) is 40.8. The number of carbonyl (C=O) groups excluding carboxylic acids is 2. The van der Waals surface area contributed by atoms with Crippen LogP contribution in [0.15, 0.2) is 16.8 Å². The molecule has 0 heterocycles. The second kappa shape index (κ2) is 9.56. The van der Waals surface area contributed by atoms with Gasteiger partial charge in [-0.2, -0.15) is 0 Å². The number of ketones is 1. The highest BCUT2D eigenvalue weighted by molar-refractivity contribution is 5.96. The lowest BCUT2D eigenvalue weighted by Crippen LogP contribution is -2.57. The fraction of sp³-hybridized carbons (Fsp3) is 0.778. The quantitative estimate of drug-likeness (QED) is 0.390. The van der Waals surface area contributed by atoms with Crippen LogP contribution in [0.3, 0.4) is 0 Å². The van der Waals surface area contributed by atoms with Crippen LogP contribution in [0.2, 0.25) is 0 Å². The van der Waals surface area contributed by atoms with E-state index in [0.29, 0.717) is 24.2 Å². The van der Waals surface area contributed by atoms with Crippen molar-refractivity contribution >= 4 is 23.4 Å². The molecule has 0 radical (unpaired) electrons. The maximum Gasteiger partial charge on any atom is 0.328 e. The van der Waals surface area contributed by atoms with Crippen molar-refractivity contribution in [2.75, 3.05) is 6.61 Å². The molecule has 1 amide bonds. The maximum atomic E-state index is 12.4. The zero-order chi connectivity index (χ0) is 26.5. The van der Waals surface area contributed by atoms with Crippen LogP contribution in [0.4, 0.5) is 0 Å². The highest BCUT2D eigenvalue weighted by Gasteiger charge is 2.65. The number of oxime groups is 1. The number of fused-ring (bicyclic) bond motifs is 5. The summed E-state index contributed by atoms with van der Waals surface area (Å²) in [6, 6.07) is -1.40. The minimum atomic E-state index is -1.40. The zero-order valence-corrected chi connectivity index (χ0v) is 21.7. The summed E-state index contributed by atoms with van der Waals surface area (Å²) in [5.41, 5.74) is 0.622. The van der Waals surface area contributed by atoms with Crippen LogP contribution in [0, 0.1) is 28.6 Å². The van der Waals surface area contributed by atoms with Gasteiger partial charge in [-0.3, -0.25) is 9.59 Å². The summed E-state index contributed by atoms with van der Waals surface area (Å²) >= 11 is 0. The Morgan fingerprint density at radius 1 is 1.14 bits per heavy atom. The molecule has 8 atom stereocenters. The van der Waals surface area contributed by atoms with Crippen LogP contribution < -0.4 is 5.32 Å². The molecule has 0 saturated heterocycles. The van der Waals surface area contributed by atoms with Gasteiger partial charge in [0.05, 0.1) is 11.8 Å². The van der Waals surface area contributed by atoms with Crippen LogP contribution in [0.1, 0.15) is 79.1 Å². The summed E-state index contributed by atoms with van der Waals surface area (Å²) in [7, 11) is 0. The average molecular weight is 505 g/mol. The number of allylic oxidation sites excluding steroid dienone is 2. The largest absolute Gasteiger partial charge is 0.480 e. The van der Waals surface area contributed by atoms with E-state index in [-0.39, 0.29) is 16.6 Å². The first kappa shape index (κ1) is 26.8. The highest BCUT2D eigenvalue weighted by Crippen LogP contribution is 2.67. The van der Waals surface area contributed by atoms with Crippen molar-refractivity contribution in [3.63, 3.8) is 0 Å². The Kier molecular flexibility index (Phi) is 7.11. The molecule has 4 aliphatic carbocycles. The van der Waals surface area contributed by atoms with Crippen molar-refractivity contribution < 1.29 is 34.5 Å². The molecule has 0 spiro atoms. The molecule has 0 aromatic heterocycles. The molecular weight excluding hydrogens is 464 g/mol. The van der Waals surface area contributed by atoms with Gasteiger partial charge in [-0.15, -0.1) is 0 Å². The fourth-order valence-electron chi connectivity index (χ4n) is 8.01. The van der Waals surface area contributed by atoms with Crippen LogP contribution in [-0.2, 0) is 19.2 Å². The Labute approximate surface area is 212 Å². The summed E-state index contributed by atoms with van der Waals surface area (Å²) in [6.45, 7) is 6.88. The van der Waals surface area contributed by atoms with E-state index in [1.54, 1.807) is 0 Å². The van der Waals surface area contributed by atoms with Crippen molar-refractivity contribution in [2.45, 2.75) is 96.8 Å². The number of rotatable bonds is 7. The van der Waals surface area contributed by atoms with Gasteiger partial charge in [0.15, 0.2) is 18.4 Å². The Balaban J connectivity index is 1.42. The van der Waals surface area contributed by atoms with Crippen molar-refractivity contribution in [1.29, 1.82) is 0 Å². The molecule has 0 aliphatic heterocycles. The number of hydrogen-bond donors (Lipinski definition) is 4. The predicted molar refractivity (Wildman–Crippen MR) is 132 cm³/mol. The molecule has 9 heteroatoms. The van der Waals surface area contributed by atoms with E-state index in [1.165, 1.54) is 19.4 Å². The molecule has 4 N–H and O–H groups in total. The molecule has 9 nitrogen and oxygen atoms in total. The topological polar surface area (TPSA) is 146 Å². The first-order chi connectivity index (χ1) is 16.8. The van der Waals surface area contributed by atoms with Crippen LogP contribution in [0.5, 0.6) is 0 Å². The third-order valence-electron chi connectivity index (χ3n) is 10.2. The molecule has 3 fully saturated rings. The second-order valence-electron chi connectivity index (χ2n) is 11.9. The van der Waals surface area contributed by atoms with E-state index in [2.05, 4.69) is 30.4 Å². The van der Waals surface area contributed by atoms with Crippen LogP contribution >= 0.6 is 0 Å². The first-order valence-electron chi connectivity index (χ1n) is 13.2. The van der Waals surface area contributed by atoms with Gasteiger partial charge in [-0.25, -0.2) is 4.79 Å². The van der Waals surface area contributed by atoms with Crippen LogP contribution in [-0.4, -0.2) is 63.0 Å². The van der Waals surface area contributed by atoms with Gasteiger partial charge in [-0.1, -0.05) is 24.6 Å². The zero-order valence-electron chi connectivity index (χ0n) is 21.7. The van der Waals surface area contributed by atoms with Crippen molar-refractivity contribution in [2.24, 2.45) is 33.7 Å². The van der Waals surface area contributed by atoms with Crippen molar-refractivity contribution in [3.8, 4) is 0 Å². The number of carbonyl (C=O) groups is 3. The molecule has 36 heavy (non-hydrogen) atoms. The lowest BCUT2D eigenvalue weighted by molar-refractivity contribution is -0.159. The van der Waals surface area contributed by atoms with Gasteiger partial charge in [0.25, 0.3) is 5.91 Å². The van der Waals surface area contributed by atoms with Gasteiger partial charge >= 0.3 is 5.97 Å². The number of aliphatic hydroxyl groups is 2. The van der Waals surface area contributed by atoms with E-state index in [1.807, 2.05) is 0 Å². The predicted octanol–water partition coefficient (Wildman–Crippen LogP) is 2.59. The SMILES string of the molecule is CC(=O)[C@@]1(O)CC[C@H]2[C@@H]3CCC4=C/C(=N/OCC(=O)NC(C(=O)O)C(C)O)CC[C@]4(C)[C@H]3CC[C@@]21C. The third kappa shape index (κ3) is 4.28. The normalized spacial score (nSPS) is 40.2. The van der Waals surface area contributed by atoms with E-state index in [9.17, 15) is 24.6 Å². The van der Waals surface area contributed by atoms with Crippen molar-refractivity contribution in [3.05, 3.63) is 11.6 Å². The number of hydrogen-bond acceptors (Lipinski definition) is 7. The number of carboxylic acids is 1. The fourth-order valence-corrected chi connectivity index (χ4v) is 8.01. The number of aliphatic hydroxyl groups excluding tert-OH is 1. The van der Waals surface area contributed by atoms with Gasteiger partial charge < -0.3 is 25.5 Å². The minimum Gasteiger partial charge on any atom is -0.480 e. The van der Waals surface area contributed by atoms with Gasteiger partial charge in [0, 0.05) is 5.41 Å². The minimum absolute atomic E-state index is 0.0452. The number of carboxylic acid groups (broad SMARTS) is 1. The summed E-state index contributed by atoms with van der Waals surface area (Å²) in [6.07, 6.45) is 7.83. The van der Waals surface area contributed by atoms with E-state index < -0.39 is 36.2 Å². The Hall–Kier alpha value is -2.26. The molecule has 4 rings (SSSR count). The summed E-state index contributed by atoms with van der Waals surface area (Å²) in [5, 5.41) is 36.3. The lowest BCUT2D eigenvalue weighted by Gasteiger charge is -2.59. The average Bonchev–Trinajstić information content (AvgIpc) is 3.09. The number of aliphatic carboxylic acids is 1. The highest BCUT2D eigenvalue weighted by atomic mass is 16.6. The second-order valence-corrected chi connectivity index (χ2v) is 11.9. The molecule has 2 unspecified atom stereocenters. The molecule has 4 aliphatic rings. The Morgan fingerprint density at radius 3 is 2.47 bits per heavy atom. The first-order valence-corrected chi connectivity index (χ1v) is 13.2. The van der Waals surface area contributed by atoms with E-state index in [0.717, 1.165) is 50.7 Å². The Bertz CT molecular complexity index is 991. The number of nitrogens with one attached hydrogen (secondary N) is 1. The molecule has 0 bridgehead atoms. The molecule has 200 valence electrons. The van der Waals surface area contributed by atoms with Gasteiger partial charge in [0.1, 0.15) is 5.60 Å². The van der Waals surface area contributed by atoms with Crippen molar-refractivity contribution in [1.82, 2.24) is 5.32 Å². The number of amides is 1. The number of Topliss-reactive ketones (excluding diaryl/α,β-unsaturated/α-hetero) is 1. The third-order valence-corrected chi connectivity index (χ3v) is 10.2.